The summed E-state index contributed by atoms with van der Waals surface area (Å²) < 4.78 is 4.69. The molecule has 2 heterocycles. The highest BCUT2D eigenvalue weighted by Crippen LogP contribution is 2.30. The van der Waals surface area contributed by atoms with Gasteiger partial charge in [-0.2, -0.15) is 0 Å². The molecule has 140 valence electrons. The summed E-state index contributed by atoms with van der Waals surface area (Å²) in [6.45, 7) is 5.31. The fourth-order valence-electron chi connectivity index (χ4n) is 2.84. The number of nitrogens with zero attached hydrogens (tertiary/aromatic N) is 1. The van der Waals surface area contributed by atoms with Crippen molar-refractivity contribution in [2.75, 3.05) is 12.4 Å². The topological polar surface area (TPSA) is 92.8 Å². The van der Waals surface area contributed by atoms with Gasteiger partial charge in [-0.3, -0.25) is 19.3 Å². The van der Waals surface area contributed by atoms with E-state index >= 15 is 0 Å². The number of nitrogens with one attached hydrogen (secondary N) is 1. The molecule has 3 rings (SSSR count). The summed E-state index contributed by atoms with van der Waals surface area (Å²) in [4.78, 5) is 50.9. The van der Waals surface area contributed by atoms with Crippen molar-refractivity contribution in [3.63, 3.8) is 0 Å². The number of ether oxygens (including phenoxy) is 1. The minimum absolute atomic E-state index is 0.195. The van der Waals surface area contributed by atoms with Gasteiger partial charge in [0.1, 0.15) is 4.88 Å². The molecule has 0 spiro atoms. The average Bonchev–Trinajstić information content (AvgIpc) is 3.16. The quantitative estimate of drug-likeness (QED) is 0.646. The third-order valence-corrected chi connectivity index (χ3v) is 5.00. The summed E-state index contributed by atoms with van der Waals surface area (Å²) >= 11 is 1.15. The van der Waals surface area contributed by atoms with Gasteiger partial charge in [0.2, 0.25) is 0 Å². The van der Waals surface area contributed by atoms with E-state index in [2.05, 4.69) is 10.1 Å². The molecule has 3 amide bonds. The van der Waals surface area contributed by atoms with Crippen LogP contribution < -0.4 is 5.32 Å². The van der Waals surface area contributed by atoms with Gasteiger partial charge in [0.25, 0.3) is 17.7 Å². The minimum atomic E-state index is -0.665. The smallest absolute Gasteiger partial charge is 0.350 e. The van der Waals surface area contributed by atoms with Crippen LogP contribution in [0.2, 0.25) is 0 Å². The maximum Gasteiger partial charge on any atom is 0.350 e. The molecule has 0 saturated heterocycles. The third kappa shape index (κ3) is 3.23. The summed E-state index contributed by atoms with van der Waals surface area (Å²) in [5.41, 5.74) is 0.351. The number of esters is 1. The van der Waals surface area contributed by atoms with Crippen molar-refractivity contribution in [1.29, 1.82) is 0 Å². The number of carbonyl (C=O) groups excluding carboxylic acids is 4. The number of benzene rings is 1. The van der Waals surface area contributed by atoms with Gasteiger partial charge >= 0.3 is 5.97 Å². The zero-order valence-electron chi connectivity index (χ0n) is 15.3. The van der Waals surface area contributed by atoms with Crippen LogP contribution in [-0.4, -0.2) is 41.2 Å². The van der Waals surface area contributed by atoms with Gasteiger partial charge in [0, 0.05) is 11.1 Å². The molecule has 0 radical (unpaired) electrons. The largest absolute Gasteiger partial charge is 0.465 e. The number of fused-ring (bicyclic) bond motifs is 1. The fourth-order valence-corrected chi connectivity index (χ4v) is 3.61. The Morgan fingerprint density at radius 1 is 1.07 bits per heavy atom. The summed E-state index contributed by atoms with van der Waals surface area (Å²) in [6.07, 6.45) is 0. The molecular weight excluding hydrogens is 368 g/mol. The van der Waals surface area contributed by atoms with E-state index in [1.165, 1.54) is 30.2 Å². The molecule has 1 aromatic heterocycles. The normalized spacial score (nSPS) is 13.6. The fraction of sp³-hybridized carbons (Fsp3) is 0.263. The molecule has 7 nitrogen and oxygen atoms in total. The predicted molar refractivity (Wildman–Crippen MR) is 100 cm³/mol. The molecule has 0 aliphatic carbocycles. The number of anilines is 1. The molecule has 0 unspecified atom stereocenters. The third-order valence-electron chi connectivity index (χ3n) is 4.10. The van der Waals surface area contributed by atoms with Gasteiger partial charge in [-0.1, -0.05) is 0 Å². The molecule has 0 atom stereocenters. The number of thiophene rings is 1. The van der Waals surface area contributed by atoms with Gasteiger partial charge in [-0.05, 0) is 50.4 Å². The van der Waals surface area contributed by atoms with E-state index in [0.29, 0.717) is 5.69 Å². The zero-order valence-corrected chi connectivity index (χ0v) is 16.1. The molecule has 1 aliphatic rings. The highest BCUT2D eigenvalue weighted by molar-refractivity contribution is 7.12. The van der Waals surface area contributed by atoms with Crippen molar-refractivity contribution in [3.8, 4) is 0 Å². The first-order valence-electron chi connectivity index (χ1n) is 8.15. The molecular formula is C19H18N2O5S. The van der Waals surface area contributed by atoms with Crippen LogP contribution in [0.15, 0.2) is 29.6 Å². The molecule has 8 heteroatoms. The van der Waals surface area contributed by atoms with E-state index in [1.807, 2.05) is 0 Å². The maximum absolute atomic E-state index is 12.6. The van der Waals surface area contributed by atoms with Gasteiger partial charge in [-0.25, -0.2) is 4.79 Å². The number of hydrogen-bond donors (Lipinski definition) is 1. The van der Waals surface area contributed by atoms with Gasteiger partial charge < -0.3 is 10.1 Å². The lowest BCUT2D eigenvalue weighted by molar-refractivity contribution is 0.0506. The Balaban J connectivity index is 1.89. The van der Waals surface area contributed by atoms with E-state index in [0.717, 1.165) is 11.3 Å². The van der Waals surface area contributed by atoms with Crippen molar-refractivity contribution in [1.82, 2.24) is 4.90 Å². The molecule has 27 heavy (non-hydrogen) atoms. The number of rotatable bonds is 3. The van der Waals surface area contributed by atoms with E-state index < -0.39 is 23.3 Å². The van der Waals surface area contributed by atoms with Crippen molar-refractivity contribution < 1.29 is 23.9 Å². The van der Waals surface area contributed by atoms with E-state index in [-0.39, 0.29) is 27.5 Å². The number of imide groups is 1. The summed E-state index contributed by atoms with van der Waals surface area (Å²) in [5, 5.41) is 4.30. The van der Waals surface area contributed by atoms with Crippen LogP contribution in [0.5, 0.6) is 0 Å². The summed E-state index contributed by atoms with van der Waals surface area (Å²) in [7, 11) is 1.26. The monoisotopic (exact) mass is 386 g/mol. The van der Waals surface area contributed by atoms with Crippen LogP contribution >= 0.6 is 11.3 Å². The molecule has 0 saturated carbocycles. The predicted octanol–water partition coefficient (Wildman–Crippen LogP) is 3.18. The highest BCUT2D eigenvalue weighted by Gasteiger charge is 2.42. The van der Waals surface area contributed by atoms with Crippen molar-refractivity contribution in [2.24, 2.45) is 0 Å². The first-order valence-corrected chi connectivity index (χ1v) is 9.03. The second-order valence-corrected chi connectivity index (χ2v) is 7.90. The standard InChI is InChI=1S/C19H18N2O5S/c1-19(2,3)21-16(23)11-6-5-10(9-12(11)17(21)24)15(22)20-13-7-8-27-14(13)18(25)26-4/h5-9H,1-4H3,(H,20,22). The molecule has 1 aliphatic heterocycles. The van der Waals surface area contributed by atoms with Gasteiger partial charge in [0.05, 0.1) is 23.9 Å². The van der Waals surface area contributed by atoms with Crippen LogP contribution in [-0.2, 0) is 4.74 Å². The molecule has 1 aromatic carbocycles. The Kier molecular flexibility index (Phi) is 4.61. The SMILES string of the molecule is COC(=O)c1sccc1NC(=O)c1ccc2c(c1)C(=O)N(C(C)(C)C)C2=O. The number of methoxy groups -OCH3 is 1. The molecule has 0 bridgehead atoms. The molecule has 1 N–H and O–H groups in total. The second kappa shape index (κ2) is 6.62. The van der Waals surface area contributed by atoms with Crippen LogP contribution in [0.25, 0.3) is 0 Å². The van der Waals surface area contributed by atoms with Crippen LogP contribution in [0.3, 0.4) is 0 Å². The lowest BCUT2D eigenvalue weighted by Gasteiger charge is -2.29. The van der Waals surface area contributed by atoms with Crippen molar-refractivity contribution in [2.45, 2.75) is 26.3 Å². The van der Waals surface area contributed by atoms with E-state index in [4.69, 9.17) is 0 Å². The molecule has 0 fully saturated rings. The van der Waals surface area contributed by atoms with E-state index in [1.54, 1.807) is 32.2 Å². The van der Waals surface area contributed by atoms with Crippen LogP contribution in [0.4, 0.5) is 5.69 Å². The lowest BCUT2D eigenvalue weighted by Crippen LogP contribution is -2.45. The van der Waals surface area contributed by atoms with Gasteiger partial charge in [0.15, 0.2) is 0 Å². The number of carbonyl (C=O) groups is 4. The van der Waals surface area contributed by atoms with Gasteiger partial charge in [-0.15, -0.1) is 11.3 Å². The zero-order chi connectivity index (χ0) is 19.9. The Morgan fingerprint density at radius 3 is 2.37 bits per heavy atom. The number of hydrogen-bond acceptors (Lipinski definition) is 6. The van der Waals surface area contributed by atoms with Crippen LogP contribution in [0.1, 0.15) is 61.5 Å². The van der Waals surface area contributed by atoms with Crippen molar-refractivity contribution in [3.05, 3.63) is 51.2 Å². The average molecular weight is 386 g/mol. The summed E-state index contributed by atoms with van der Waals surface area (Å²) in [6, 6.07) is 5.96. The first kappa shape index (κ1) is 18.8. The Hall–Kier alpha value is -3.00. The molecule has 2 aromatic rings. The Labute approximate surface area is 159 Å². The number of amides is 3. The lowest BCUT2D eigenvalue weighted by atomic mass is 10.1. The second-order valence-electron chi connectivity index (χ2n) is 6.99. The first-order chi connectivity index (χ1) is 12.6. The Bertz CT molecular complexity index is 971. The summed E-state index contributed by atoms with van der Waals surface area (Å²) in [5.74, 6) is -1.84. The highest BCUT2D eigenvalue weighted by atomic mass is 32.1. The van der Waals surface area contributed by atoms with E-state index in [9.17, 15) is 19.2 Å². The maximum atomic E-state index is 12.6. The Morgan fingerprint density at radius 2 is 1.74 bits per heavy atom. The minimum Gasteiger partial charge on any atom is -0.465 e. The van der Waals surface area contributed by atoms with Crippen LogP contribution in [0, 0.1) is 0 Å². The van der Waals surface area contributed by atoms with Crippen molar-refractivity contribution >= 4 is 40.7 Å².